The summed E-state index contributed by atoms with van der Waals surface area (Å²) < 4.78 is 7.62. The number of rotatable bonds is 6. The fourth-order valence-electron chi connectivity index (χ4n) is 2.43. The van der Waals surface area contributed by atoms with Crippen LogP contribution in [0.1, 0.15) is 18.3 Å². The largest absolute Gasteiger partial charge is 0.489 e. The molecule has 2 heterocycles. The summed E-state index contributed by atoms with van der Waals surface area (Å²) in [7, 11) is 0. The summed E-state index contributed by atoms with van der Waals surface area (Å²) in [6.07, 6.45) is 1.73. The molecule has 2 N–H and O–H groups in total. The monoisotopic (exact) mass is 339 g/mol. The summed E-state index contributed by atoms with van der Waals surface area (Å²) in [6, 6.07) is 13.2. The van der Waals surface area contributed by atoms with E-state index in [-0.39, 0.29) is 12.1 Å². The molecular weight excluding hydrogens is 318 g/mol. The van der Waals surface area contributed by atoms with Gasteiger partial charge in [0.05, 0.1) is 13.1 Å². The summed E-state index contributed by atoms with van der Waals surface area (Å²) in [5.74, 6) is 1.47. The molecule has 0 spiro atoms. The molecular formula is C18H21N5O2. The molecule has 0 saturated heterocycles. The van der Waals surface area contributed by atoms with E-state index in [1.807, 2.05) is 66.9 Å². The minimum absolute atomic E-state index is 0.138. The minimum atomic E-state index is -0.271. The number of amides is 2. The highest BCUT2D eigenvalue weighted by Crippen LogP contribution is 2.13. The Hall–Kier alpha value is -3.09. The number of benzene rings is 1. The Balaban J connectivity index is 1.45. The van der Waals surface area contributed by atoms with Crippen LogP contribution in [-0.4, -0.2) is 33.3 Å². The van der Waals surface area contributed by atoms with Gasteiger partial charge in [-0.3, -0.25) is 4.40 Å². The number of nitrogens with zero attached hydrogens (tertiary/aromatic N) is 3. The van der Waals surface area contributed by atoms with Crippen LogP contribution in [0.2, 0.25) is 0 Å². The summed E-state index contributed by atoms with van der Waals surface area (Å²) >= 11 is 0. The van der Waals surface area contributed by atoms with E-state index in [2.05, 4.69) is 20.8 Å². The third kappa shape index (κ3) is 4.47. The second kappa shape index (κ2) is 7.65. The Morgan fingerprint density at radius 3 is 2.92 bits per heavy atom. The van der Waals surface area contributed by atoms with Gasteiger partial charge in [0.25, 0.3) is 0 Å². The van der Waals surface area contributed by atoms with Crippen LogP contribution in [0.5, 0.6) is 5.75 Å². The van der Waals surface area contributed by atoms with Crippen molar-refractivity contribution in [1.29, 1.82) is 0 Å². The smallest absolute Gasteiger partial charge is 0.315 e. The van der Waals surface area contributed by atoms with Gasteiger partial charge in [0.2, 0.25) is 0 Å². The normalized spacial score (nSPS) is 11.9. The molecule has 1 aromatic carbocycles. The SMILES string of the molecule is Cc1cccc(OC(C)CNC(=O)NCc2nnc3ccccn23)c1. The van der Waals surface area contributed by atoms with Crippen molar-refractivity contribution in [3.63, 3.8) is 0 Å². The first kappa shape index (κ1) is 16.8. The molecule has 2 aromatic heterocycles. The van der Waals surface area contributed by atoms with Crippen molar-refractivity contribution in [3.8, 4) is 5.75 Å². The van der Waals surface area contributed by atoms with E-state index in [1.165, 1.54) is 0 Å². The first-order valence-electron chi connectivity index (χ1n) is 8.15. The molecule has 0 radical (unpaired) electrons. The number of hydrogen-bond acceptors (Lipinski definition) is 4. The van der Waals surface area contributed by atoms with E-state index in [4.69, 9.17) is 4.74 Å². The van der Waals surface area contributed by atoms with E-state index in [0.717, 1.165) is 17.0 Å². The van der Waals surface area contributed by atoms with Crippen molar-refractivity contribution in [3.05, 3.63) is 60.0 Å². The standard InChI is InChI=1S/C18H21N5O2/c1-13-6-5-7-15(10-13)25-14(2)11-19-18(24)20-12-17-22-21-16-8-3-4-9-23(16)17/h3-10,14H,11-12H2,1-2H3,(H2,19,20,24). The Kier molecular flexibility index (Phi) is 5.13. The summed E-state index contributed by atoms with van der Waals surface area (Å²) in [4.78, 5) is 12.0. The van der Waals surface area contributed by atoms with E-state index in [0.29, 0.717) is 18.9 Å². The molecule has 3 aromatic rings. The van der Waals surface area contributed by atoms with Crippen molar-refractivity contribution in [1.82, 2.24) is 25.2 Å². The average molecular weight is 339 g/mol. The molecule has 0 aliphatic heterocycles. The maximum absolute atomic E-state index is 12.0. The van der Waals surface area contributed by atoms with Gasteiger partial charge in [0.1, 0.15) is 11.9 Å². The van der Waals surface area contributed by atoms with E-state index < -0.39 is 0 Å². The highest BCUT2D eigenvalue weighted by molar-refractivity contribution is 5.73. The summed E-state index contributed by atoms with van der Waals surface area (Å²) in [5, 5.41) is 13.7. The van der Waals surface area contributed by atoms with Crippen LogP contribution in [0.25, 0.3) is 5.65 Å². The van der Waals surface area contributed by atoms with Crippen LogP contribution < -0.4 is 15.4 Å². The number of pyridine rings is 1. The van der Waals surface area contributed by atoms with Gasteiger partial charge in [0, 0.05) is 6.20 Å². The first-order valence-corrected chi connectivity index (χ1v) is 8.15. The summed E-state index contributed by atoms with van der Waals surface area (Å²) in [5.41, 5.74) is 1.89. The lowest BCUT2D eigenvalue weighted by Crippen LogP contribution is -2.40. The quantitative estimate of drug-likeness (QED) is 0.722. The third-order valence-corrected chi connectivity index (χ3v) is 3.67. The Morgan fingerprint density at radius 2 is 2.08 bits per heavy atom. The number of hydrogen-bond donors (Lipinski definition) is 2. The van der Waals surface area contributed by atoms with Gasteiger partial charge in [0.15, 0.2) is 11.5 Å². The number of aromatic nitrogens is 3. The maximum Gasteiger partial charge on any atom is 0.315 e. The number of nitrogens with one attached hydrogen (secondary N) is 2. The Labute approximate surface area is 146 Å². The number of urea groups is 1. The molecule has 1 atom stereocenters. The number of carbonyl (C=O) groups excluding carboxylic acids is 1. The number of aryl methyl sites for hydroxylation is 1. The van der Waals surface area contributed by atoms with Gasteiger partial charge in [-0.15, -0.1) is 10.2 Å². The topological polar surface area (TPSA) is 80.5 Å². The molecule has 3 rings (SSSR count). The molecule has 130 valence electrons. The molecule has 25 heavy (non-hydrogen) atoms. The first-order chi connectivity index (χ1) is 12.1. The lowest BCUT2D eigenvalue weighted by atomic mass is 10.2. The van der Waals surface area contributed by atoms with Crippen molar-refractivity contribution in [2.75, 3.05) is 6.54 Å². The van der Waals surface area contributed by atoms with Gasteiger partial charge < -0.3 is 15.4 Å². The zero-order valence-corrected chi connectivity index (χ0v) is 14.3. The average Bonchev–Trinajstić information content (AvgIpc) is 3.01. The van der Waals surface area contributed by atoms with Crippen LogP contribution in [-0.2, 0) is 6.54 Å². The predicted molar refractivity (Wildman–Crippen MR) is 94.5 cm³/mol. The molecule has 0 aliphatic carbocycles. The molecule has 7 heteroatoms. The summed E-state index contributed by atoms with van der Waals surface area (Å²) in [6.45, 7) is 4.62. The Morgan fingerprint density at radius 1 is 1.20 bits per heavy atom. The van der Waals surface area contributed by atoms with Crippen LogP contribution >= 0.6 is 0 Å². The van der Waals surface area contributed by atoms with E-state index in [1.54, 1.807) is 0 Å². The zero-order valence-electron chi connectivity index (χ0n) is 14.3. The van der Waals surface area contributed by atoms with Crippen molar-refractivity contribution in [2.24, 2.45) is 0 Å². The molecule has 1 unspecified atom stereocenters. The van der Waals surface area contributed by atoms with Crippen molar-refractivity contribution >= 4 is 11.7 Å². The fourth-order valence-corrected chi connectivity index (χ4v) is 2.43. The second-order valence-corrected chi connectivity index (χ2v) is 5.85. The number of ether oxygens (including phenoxy) is 1. The molecule has 2 amide bonds. The van der Waals surface area contributed by atoms with Gasteiger partial charge in [-0.2, -0.15) is 0 Å². The third-order valence-electron chi connectivity index (χ3n) is 3.67. The van der Waals surface area contributed by atoms with Gasteiger partial charge >= 0.3 is 6.03 Å². The zero-order chi connectivity index (χ0) is 17.6. The van der Waals surface area contributed by atoms with Crippen LogP contribution in [0, 0.1) is 6.92 Å². The van der Waals surface area contributed by atoms with E-state index >= 15 is 0 Å². The lowest BCUT2D eigenvalue weighted by molar-refractivity contribution is 0.207. The van der Waals surface area contributed by atoms with Crippen molar-refractivity contribution < 1.29 is 9.53 Å². The fraction of sp³-hybridized carbons (Fsp3) is 0.278. The molecule has 0 aliphatic rings. The second-order valence-electron chi connectivity index (χ2n) is 5.85. The molecule has 0 saturated carbocycles. The highest BCUT2D eigenvalue weighted by Gasteiger charge is 2.09. The van der Waals surface area contributed by atoms with E-state index in [9.17, 15) is 4.79 Å². The molecule has 7 nitrogen and oxygen atoms in total. The Bertz CT molecular complexity index is 861. The van der Waals surface area contributed by atoms with Crippen LogP contribution in [0.3, 0.4) is 0 Å². The molecule has 0 bridgehead atoms. The van der Waals surface area contributed by atoms with Gasteiger partial charge in [-0.25, -0.2) is 4.79 Å². The number of carbonyl (C=O) groups is 1. The predicted octanol–water partition coefficient (Wildman–Crippen LogP) is 2.30. The highest BCUT2D eigenvalue weighted by atomic mass is 16.5. The lowest BCUT2D eigenvalue weighted by Gasteiger charge is -2.16. The van der Waals surface area contributed by atoms with Crippen molar-refractivity contribution in [2.45, 2.75) is 26.5 Å². The van der Waals surface area contributed by atoms with Crippen LogP contribution in [0.15, 0.2) is 48.7 Å². The maximum atomic E-state index is 12.0. The minimum Gasteiger partial charge on any atom is -0.489 e. The number of fused-ring (bicyclic) bond motifs is 1. The van der Waals surface area contributed by atoms with Gasteiger partial charge in [-0.05, 0) is 43.7 Å². The van der Waals surface area contributed by atoms with Gasteiger partial charge in [-0.1, -0.05) is 18.2 Å². The molecule has 0 fully saturated rings. The van der Waals surface area contributed by atoms with Crippen LogP contribution in [0.4, 0.5) is 4.79 Å².